The maximum Gasteiger partial charge on any atom is 0.182 e. The molecule has 1 aromatic heterocycles. The number of pyridine rings is 1. The van der Waals surface area contributed by atoms with E-state index in [-0.39, 0.29) is 0 Å². The van der Waals surface area contributed by atoms with Crippen molar-refractivity contribution in [2.24, 2.45) is 0 Å². The van der Waals surface area contributed by atoms with Crippen LogP contribution in [0, 0.1) is 5.21 Å². The van der Waals surface area contributed by atoms with Gasteiger partial charge in [0.2, 0.25) is 0 Å². The van der Waals surface area contributed by atoms with Crippen molar-refractivity contribution in [2.45, 2.75) is 13.8 Å². The Bertz CT molecular complexity index is 229. The summed E-state index contributed by atoms with van der Waals surface area (Å²) in [5, 5.41) is 10.7. The van der Waals surface area contributed by atoms with Gasteiger partial charge in [0.15, 0.2) is 12.4 Å². The van der Waals surface area contributed by atoms with Crippen molar-refractivity contribution in [3.8, 4) is 0 Å². The quantitative estimate of drug-likeness (QED) is 0.498. The molecule has 0 atom stereocenters. The van der Waals surface area contributed by atoms with Gasteiger partial charge < -0.3 is 10.1 Å². The lowest BCUT2D eigenvalue weighted by atomic mass is 10.3. The van der Waals surface area contributed by atoms with Gasteiger partial charge in [-0.2, -0.15) is 4.73 Å². The SMILES string of the molecule is CCN(CC)c1cc[n+]([O-])cc1. The summed E-state index contributed by atoms with van der Waals surface area (Å²) in [5.41, 5.74) is 1.10. The largest absolute Gasteiger partial charge is 0.619 e. The smallest absolute Gasteiger partial charge is 0.182 e. The molecule has 0 spiro atoms. The molecule has 0 aliphatic carbocycles. The lowest BCUT2D eigenvalue weighted by molar-refractivity contribution is -0.605. The average Bonchev–Trinajstić information content (AvgIpc) is 2.10. The molecule has 3 nitrogen and oxygen atoms in total. The van der Waals surface area contributed by atoms with Crippen molar-refractivity contribution < 1.29 is 4.73 Å². The first-order valence-electron chi connectivity index (χ1n) is 4.21. The Morgan fingerprint density at radius 3 is 2.17 bits per heavy atom. The molecular weight excluding hydrogens is 152 g/mol. The molecule has 0 aliphatic rings. The van der Waals surface area contributed by atoms with Gasteiger partial charge in [-0.15, -0.1) is 0 Å². The molecule has 1 aromatic rings. The minimum Gasteiger partial charge on any atom is -0.619 e. The first-order chi connectivity index (χ1) is 5.77. The summed E-state index contributed by atoms with van der Waals surface area (Å²) in [6, 6.07) is 3.67. The highest BCUT2D eigenvalue weighted by atomic mass is 16.5. The lowest BCUT2D eigenvalue weighted by Crippen LogP contribution is -2.27. The first-order valence-corrected chi connectivity index (χ1v) is 4.21. The predicted octanol–water partition coefficient (Wildman–Crippen LogP) is 1.17. The van der Waals surface area contributed by atoms with Gasteiger partial charge in [0.05, 0.1) is 0 Å². The molecule has 0 aliphatic heterocycles. The van der Waals surface area contributed by atoms with Crippen molar-refractivity contribution in [3.63, 3.8) is 0 Å². The Morgan fingerprint density at radius 2 is 1.75 bits per heavy atom. The minimum absolute atomic E-state index is 0.799. The van der Waals surface area contributed by atoms with E-state index in [1.165, 1.54) is 12.4 Å². The van der Waals surface area contributed by atoms with E-state index in [1.54, 1.807) is 0 Å². The van der Waals surface area contributed by atoms with Gasteiger partial charge in [0.1, 0.15) is 0 Å². The van der Waals surface area contributed by atoms with Gasteiger partial charge in [0.25, 0.3) is 0 Å². The molecule has 3 heteroatoms. The zero-order valence-electron chi connectivity index (χ0n) is 7.53. The molecule has 12 heavy (non-hydrogen) atoms. The third kappa shape index (κ3) is 1.87. The zero-order valence-corrected chi connectivity index (χ0v) is 7.53. The van der Waals surface area contributed by atoms with Gasteiger partial charge in [-0.25, -0.2) is 0 Å². The van der Waals surface area contributed by atoms with Crippen molar-refractivity contribution in [3.05, 3.63) is 29.7 Å². The molecule has 0 amide bonds. The third-order valence-corrected chi connectivity index (χ3v) is 1.91. The van der Waals surface area contributed by atoms with Crippen molar-refractivity contribution in [1.29, 1.82) is 0 Å². The lowest BCUT2D eigenvalue weighted by Gasteiger charge is -2.19. The maximum absolute atomic E-state index is 10.7. The molecular formula is C9H14N2O. The maximum atomic E-state index is 10.7. The predicted molar refractivity (Wildman–Crippen MR) is 49.0 cm³/mol. The van der Waals surface area contributed by atoms with Crippen molar-refractivity contribution >= 4 is 5.69 Å². The van der Waals surface area contributed by atoms with Gasteiger partial charge in [-0.05, 0) is 13.8 Å². The number of nitrogens with zero attached hydrogens (tertiary/aromatic N) is 2. The van der Waals surface area contributed by atoms with Crippen molar-refractivity contribution in [2.75, 3.05) is 18.0 Å². The van der Waals surface area contributed by atoms with E-state index in [2.05, 4.69) is 18.7 Å². The summed E-state index contributed by atoms with van der Waals surface area (Å²) in [4.78, 5) is 2.19. The highest BCUT2D eigenvalue weighted by molar-refractivity contribution is 5.43. The number of aromatic nitrogens is 1. The van der Waals surface area contributed by atoms with Gasteiger partial charge in [0, 0.05) is 30.9 Å². The van der Waals surface area contributed by atoms with E-state index in [1.807, 2.05) is 12.1 Å². The first kappa shape index (κ1) is 8.84. The molecule has 1 heterocycles. The van der Waals surface area contributed by atoms with E-state index >= 15 is 0 Å². The van der Waals surface area contributed by atoms with E-state index < -0.39 is 0 Å². The van der Waals surface area contributed by atoms with Crippen LogP contribution in [0.25, 0.3) is 0 Å². The molecule has 0 fully saturated rings. The Labute approximate surface area is 72.8 Å². The monoisotopic (exact) mass is 166 g/mol. The third-order valence-electron chi connectivity index (χ3n) is 1.91. The average molecular weight is 166 g/mol. The van der Waals surface area contributed by atoms with Crippen LogP contribution < -0.4 is 9.63 Å². The Kier molecular flexibility index (Phi) is 2.91. The summed E-state index contributed by atoms with van der Waals surface area (Å²) in [6.45, 7) is 6.14. The summed E-state index contributed by atoms with van der Waals surface area (Å²) < 4.78 is 0.799. The van der Waals surface area contributed by atoms with E-state index in [0.29, 0.717) is 0 Å². The minimum atomic E-state index is 0.799. The van der Waals surface area contributed by atoms with Crippen LogP contribution in [0.2, 0.25) is 0 Å². The fourth-order valence-electron chi connectivity index (χ4n) is 1.20. The highest BCUT2D eigenvalue weighted by Gasteiger charge is 2.01. The Hall–Kier alpha value is -1.25. The standard InChI is InChI=1S/C9H14N2O/c1-3-10(4-2)9-5-7-11(12)8-6-9/h5-8H,3-4H2,1-2H3. The molecule has 0 aromatic carbocycles. The molecule has 0 saturated carbocycles. The van der Waals surface area contributed by atoms with Crippen LogP contribution in [0.4, 0.5) is 5.69 Å². The summed E-state index contributed by atoms with van der Waals surface area (Å²) in [6.07, 6.45) is 3.04. The second kappa shape index (κ2) is 3.95. The number of rotatable bonds is 3. The molecule has 0 unspecified atom stereocenters. The Morgan fingerprint density at radius 1 is 1.25 bits per heavy atom. The van der Waals surface area contributed by atoms with E-state index in [0.717, 1.165) is 23.5 Å². The number of hydrogen-bond acceptors (Lipinski definition) is 2. The molecule has 0 radical (unpaired) electrons. The topological polar surface area (TPSA) is 30.2 Å². The van der Waals surface area contributed by atoms with E-state index in [4.69, 9.17) is 0 Å². The fraction of sp³-hybridized carbons (Fsp3) is 0.444. The van der Waals surface area contributed by atoms with Crippen LogP contribution in [-0.2, 0) is 0 Å². The van der Waals surface area contributed by atoms with Crippen LogP contribution in [-0.4, -0.2) is 13.1 Å². The molecule has 66 valence electrons. The van der Waals surface area contributed by atoms with Gasteiger partial charge >= 0.3 is 0 Å². The molecule has 1 rings (SSSR count). The number of hydrogen-bond donors (Lipinski definition) is 0. The van der Waals surface area contributed by atoms with Crippen molar-refractivity contribution in [1.82, 2.24) is 0 Å². The number of anilines is 1. The summed E-state index contributed by atoms with van der Waals surface area (Å²) in [5.74, 6) is 0. The molecule has 0 bridgehead atoms. The van der Waals surface area contributed by atoms with Crippen LogP contribution in [0.15, 0.2) is 24.5 Å². The Balaban J connectivity index is 2.80. The second-order valence-electron chi connectivity index (χ2n) is 2.59. The second-order valence-corrected chi connectivity index (χ2v) is 2.59. The van der Waals surface area contributed by atoms with Gasteiger partial charge in [-0.1, -0.05) is 0 Å². The summed E-state index contributed by atoms with van der Waals surface area (Å²) >= 11 is 0. The molecule has 0 N–H and O–H groups in total. The fourth-order valence-corrected chi connectivity index (χ4v) is 1.20. The summed E-state index contributed by atoms with van der Waals surface area (Å²) in [7, 11) is 0. The highest BCUT2D eigenvalue weighted by Crippen LogP contribution is 2.09. The van der Waals surface area contributed by atoms with Gasteiger partial charge in [-0.3, -0.25) is 0 Å². The van der Waals surface area contributed by atoms with E-state index in [9.17, 15) is 5.21 Å². The zero-order chi connectivity index (χ0) is 8.97. The van der Waals surface area contributed by atoms with Crippen LogP contribution in [0.5, 0.6) is 0 Å². The van der Waals surface area contributed by atoms with Crippen LogP contribution >= 0.6 is 0 Å². The molecule has 0 saturated heterocycles. The normalized spacial score (nSPS) is 9.83. The van der Waals surface area contributed by atoms with Crippen LogP contribution in [0.3, 0.4) is 0 Å². The van der Waals surface area contributed by atoms with Crippen LogP contribution in [0.1, 0.15) is 13.8 Å².